The number of anilines is 1. The van der Waals surface area contributed by atoms with E-state index in [1.807, 2.05) is 42.6 Å². The van der Waals surface area contributed by atoms with Gasteiger partial charge in [-0.05, 0) is 23.4 Å². The Hall–Kier alpha value is -1.94. The third-order valence-corrected chi connectivity index (χ3v) is 4.93. The van der Waals surface area contributed by atoms with Gasteiger partial charge in [-0.3, -0.25) is 9.78 Å². The molecule has 0 saturated carbocycles. The van der Waals surface area contributed by atoms with Crippen LogP contribution in [0.5, 0.6) is 0 Å². The van der Waals surface area contributed by atoms with Gasteiger partial charge >= 0.3 is 0 Å². The van der Waals surface area contributed by atoms with Crippen molar-refractivity contribution in [2.45, 2.75) is 19.6 Å². The lowest BCUT2D eigenvalue weighted by molar-refractivity contribution is 0.102. The molecule has 0 unspecified atom stereocenters. The largest absolute Gasteiger partial charge is 0.322 e. The molecule has 2 aromatic rings. The smallest absolute Gasteiger partial charge is 0.255 e. The van der Waals surface area contributed by atoms with Crippen molar-refractivity contribution in [1.29, 1.82) is 0 Å². The summed E-state index contributed by atoms with van der Waals surface area (Å²) in [6, 6.07) is 11.1. The van der Waals surface area contributed by atoms with Gasteiger partial charge in [0.25, 0.3) is 5.91 Å². The molecule has 19 heavy (non-hydrogen) atoms. The highest BCUT2D eigenvalue weighted by atomic mass is 28.3. The average Bonchev–Trinajstić information content (AvgIpc) is 2.39. The number of aromatic nitrogens is 1. The van der Waals surface area contributed by atoms with E-state index in [4.69, 9.17) is 0 Å². The maximum absolute atomic E-state index is 12.2. The average molecular weight is 270 g/mol. The first-order valence-electron chi connectivity index (χ1n) is 6.29. The number of nitrogens with zero attached hydrogens (tertiary/aromatic N) is 1. The van der Waals surface area contributed by atoms with E-state index in [2.05, 4.69) is 29.9 Å². The highest BCUT2D eigenvalue weighted by Crippen LogP contribution is 2.12. The van der Waals surface area contributed by atoms with Crippen LogP contribution in [0.3, 0.4) is 0 Å². The van der Waals surface area contributed by atoms with Gasteiger partial charge in [-0.15, -0.1) is 0 Å². The normalized spacial score (nSPS) is 11.1. The molecule has 0 aliphatic rings. The van der Waals surface area contributed by atoms with Gasteiger partial charge in [0.05, 0.1) is 8.07 Å². The molecule has 1 heterocycles. The summed E-state index contributed by atoms with van der Waals surface area (Å²) in [6.07, 6.45) is 3.58. The van der Waals surface area contributed by atoms with E-state index in [-0.39, 0.29) is 5.91 Å². The minimum absolute atomic E-state index is 0.0775. The molecule has 0 aliphatic carbocycles. The molecule has 98 valence electrons. The number of pyridine rings is 1. The molecule has 0 fully saturated rings. The summed E-state index contributed by atoms with van der Waals surface area (Å²) < 4.78 is 0. The fourth-order valence-corrected chi connectivity index (χ4v) is 3.30. The van der Waals surface area contributed by atoms with E-state index in [0.29, 0.717) is 5.56 Å². The van der Waals surface area contributed by atoms with E-state index in [9.17, 15) is 4.79 Å². The number of carbonyl (C=O) groups is 1. The van der Waals surface area contributed by atoms with Crippen LogP contribution in [0, 0.1) is 0 Å². The first kappa shape index (κ1) is 13.5. The van der Waals surface area contributed by atoms with Crippen LogP contribution in [0.2, 0.25) is 19.6 Å². The van der Waals surface area contributed by atoms with Crippen molar-refractivity contribution in [2.75, 3.05) is 5.32 Å². The summed E-state index contributed by atoms with van der Waals surface area (Å²) in [7, 11) is -1.52. The van der Waals surface area contributed by atoms with Gasteiger partial charge in [-0.1, -0.05) is 37.8 Å². The molecule has 0 radical (unpaired) electrons. The fourth-order valence-electron chi connectivity index (χ4n) is 1.89. The zero-order chi connectivity index (χ0) is 13.9. The van der Waals surface area contributed by atoms with Gasteiger partial charge in [0.2, 0.25) is 0 Å². The number of amides is 1. The Morgan fingerprint density at radius 2 is 1.79 bits per heavy atom. The topological polar surface area (TPSA) is 42.0 Å². The molecule has 4 heteroatoms. The minimum Gasteiger partial charge on any atom is -0.322 e. The lowest BCUT2D eigenvalue weighted by Crippen LogP contribution is -2.40. The summed E-state index contributed by atoms with van der Waals surface area (Å²) in [5.74, 6) is -0.0775. The SMILES string of the molecule is C[Si](C)(C)c1cnccc1NC(=O)c1ccccc1. The molecular weight excluding hydrogens is 252 g/mol. The molecule has 0 bridgehead atoms. The molecule has 2 rings (SSSR count). The highest BCUT2D eigenvalue weighted by molar-refractivity contribution is 6.89. The summed E-state index contributed by atoms with van der Waals surface area (Å²) in [5, 5.41) is 4.16. The van der Waals surface area contributed by atoms with E-state index in [0.717, 1.165) is 5.69 Å². The van der Waals surface area contributed by atoms with Gasteiger partial charge in [-0.25, -0.2) is 0 Å². The van der Waals surface area contributed by atoms with Gasteiger partial charge in [-0.2, -0.15) is 0 Å². The second-order valence-corrected chi connectivity index (χ2v) is 10.5. The Bertz CT molecular complexity index is 576. The predicted molar refractivity (Wildman–Crippen MR) is 81.6 cm³/mol. The van der Waals surface area contributed by atoms with Crippen LogP contribution in [0.4, 0.5) is 5.69 Å². The molecule has 1 aromatic heterocycles. The van der Waals surface area contributed by atoms with Crippen LogP contribution in [-0.2, 0) is 0 Å². The van der Waals surface area contributed by atoms with Crippen molar-refractivity contribution < 1.29 is 4.79 Å². The first-order chi connectivity index (χ1) is 8.98. The van der Waals surface area contributed by atoms with Crippen molar-refractivity contribution in [2.24, 2.45) is 0 Å². The number of hydrogen-bond donors (Lipinski definition) is 1. The molecule has 1 N–H and O–H groups in total. The molecule has 0 aliphatic heterocycles. The maximum atomic E-state index is 12.2. The Morgan fingerprint density at radius 1 is 1.11 bits per heavy atom. The Balaban J connectivity index is 2.28. The maximum Gasteiger partial charge on any atom is 0.255 e. The van der Waals surface area contributed by atoms with Crippen molar-refractivity contribution in [1.82, 2.24) is 4.98 Å². The molecule has 1 amide bonds. The van der Waals surface area contributed by atoms with E-state index in [1.165, 1.54) is 5.19 Å². The standard InChI is InChI=1S/C15H18N2OSi/c1-19(2,3)14-11-16-10-9-13(14)17-15(18)12-7-5-4-6-8-12/h4-11H,1-3H3,(H,16,17,18). The monoisotopic (exact) mass is 270 g/mol. The van der Waals surface area contributed by atoms with E-state index < -0.39 is 8.07 Å². The van der Waals surface area contributed by atoms with E-state index >= 15 is 0 Å². The van der Waals surface area contributed by atoms with Gasteiger partial charge in [0.1, 0.15) is 0 Å². The van der Waals surface area contributed by atoms with Crippen LogP contribution in [0.1, 0.15) is 10.4 Å². The quantitative estimate of drug-likeness (QED) is 0.871. The van der Waals surface area contributed by atoms with Gasteiger partial charge < -0.3 is 5.32 Å². The summed E-state index contributed by atoms with van der Waals surface area (Å²) >= 11 is 0. The summed E-state index contributed by atoms with van der Waals surface area (Å²) in [4.78, 5) is 16.4. The van der Waals surface area contributed by atoms with E-state index in [1.54, 1.807) is 6.20 Å². The first-order valence-corrected chi connectivity index (χ1v) is 9.79. The van der Waals surface area contributed by atoms with Crippen molar-refractivity contribution >= 4 is 24.9 Å². The number of nitrogens with one attached hydrogen (secondary N) is 1. The molecule has 3 nitrogen and oxygen atoms in total. The lowest BCUT2D eigenvalue weighted by atomic mass is 10.2. The molecule has 0 atom stereocenters. The van der Waals surface area contributed by atoms with Crippen LogP contribution in [0.25, 0.3) is 0 Å². The van der Waals surface area contributed by atoms with Crippen LogP contribution < -0.4 is 10.5 Å². The number of benzene rings is 1. The lowest BCUT2D eigenvalue weighted by Gasteiger charge is -2.20. The third kappa shape index (κ3) is 3.29. The zero-order valence-electron chi connectivity index (χ0n) is 11.5. The fraction of sp³-hybridized carbons (Fsp3) is 0.200. The van der Waals surface area contributed by atoms with Crippen LogP contribution >= 0.6 is 0 Å². The Morgan fingerprint density at radius 3 is 2.42 bits per heavy atom. The number of hydrogen-bond acceptors (Lipinski definition) is 2. The van der Waals surface area contributed by atoms with Gasteiger partial charge in [0, 0.05) is 23.6 Å². The second-order valence-electron chi connectivity index (χ2n) is 5.49. The van der Waals surface area contributed by atoms with Gasteiger partial charge in [0.15, 0.2) is 0 Å². The number of rotatable bonds is 3. The molecule has 1 aromatic carbocycles. The molecule has 0 spiro atoms. The van der Waals surface area contributed by atoms with Crippen molar-refractivity contribution in [3.05, 3.63) is 54.4 Å². The zero-order valence-corrected chi connectivity index (χ0v) is 12.5. The summed E-state index contributed by atoms with van der Waals surface area (Å²) in [6.45, 7) is 6.71. The summed E-state index contributed by atoms with van der Waals surface area (Å²) in [5.41, 5.74) is 1.55. The van der Waals surface area contributed by atoms with Crippen LogP contribution in [-0.4, -0.2) is 19.0 Å². The minimum atomic E-state index is -1.52. The third-order valence-electron chi connectivity index (χ3n) is 2.91. The Labute approximate surface area is 114 Å². The van der Waals surface area contributed by atoms with Crippen LogP contribution in [0.15, 0.2) is 48.8 Å². The predicted octanol–water partition coefficient (Wildman–Crippen LogP) is 2.88. The Kier molecular flexibility index (Phi) is 3.81. The van der Waals surface area contributed by atoms with Crippen molar-refractivity contribution in [3.63, 3.8) is 0 Å². The highest BCUT2D eigenvalue weighted by Gasteiger charge is 2.21. The number of carbonyl (C=O) groups excluding carboxylic acids is 1. The molecular formula is C15H18N2OSi. The van der Waals surface area contributed by atoms with Crippen molar-refractivity contribution in [3.8, 4) is 0 Å². The molecule has 0 saturated heterocycles. The second kappa shape index (κ2) is 5.36.